The van der Waals surface area contributed by atoms with E-state index in [-0.39, 0.29) is 10.8 Å². The standard InChI is InChI=1S/C23H21ClN2O4S/c1-30-22-12-9-17(24)15-20(22)23(27)25-18-10-11-21-16(14-18)6-5-13-26(21)31(28,29)19-7-3-2-4-8-19/h2-4,7-12,14-15H,5-6,13H2,1H3,(H,25,27). The molecule has 6 nitrogen and oxygen atoms in total. The number of hydrogen-bond donors (Lipinski definition) is 1. The number of carbonyl (C=O) groups is 1. The Hall–Kier alpha value is -3.03. The Kier molecular flexibility index (Phi) is 5.89. The van der Waals surface area contributed by atoms with Crippen LogP contribution < -0.4 is 14.4 Å². The van der Waals surface area contributed by atoms with E-state index < -0.39 is 10.0 Å². The molecular formula is C23H21ClN2O4S. The molecule has 1 amide bonds. The van der Waals surface area contributed by atoms with Gasteiger partial charge in [0, 0.05) is 17.3 Å². The molecule has 0 aliphatic carbocycles. The number of rotatable bonds is 5. The monoisotopic (exact) mass is 456 g/mol. The molecule has 0 spiro atoms. The molecule has 0 unspecified atom stereocenters. The van der Waals surface area contributed by atoms with E-state index in [0.717, 1.165) is 12.0 Å². The fourth-order valence-electron chi connectivity index (χ4n) is 3.67. The number of fused-ring (bicyclic) bond motifs is 1. The van der Waals surface area contributed by atoms with Gasteiger partial charge in [0.2, 0.25) is 0 Å². The third-order valence-corrected chi connectivity index (χ3v) is 7.21. The summed E-state index contributed by atoms with van der Waals surface area (Å²) < 4.78 is 32.9. The number of hydrogen-bond acceptors (Lipinski definition) is 4. The third kappa shape index (κ3) is 4.24. The Morgan fingerprint density at radius 2 is 1.84 bits per heavy atom. The van der Waals surface area contributed by atoms with Crippen LogP contribution in [0.15, 0.2) is 71.6 Å². The van der Waals surface area contributed by atoms with E-state index in [1.165, 1.54) is 11.4 Å². The quantitative estimate of drug-likeness (QED) is 0.601. The SMILES string of the molecule is COc1ccc(Cl)cc1C(=O)Nc1ccc2c(c1)CCCN2S(=O)(=O)c1ccccc1. The number of aryl methyl sites for hydroxylation is 1. The van der Waals surface area contributed by atoms with Crippen LogP contribution in [0, 0.1) is 0 Å². The van der Waals surface area contributed by atoms with E-state index in [4.69, 9.17) is 16.3 Å². The molecule has 1 heterocycles. The minimum absolute atomic E-state index is 0.258. The Morgan fingerprint density at radius 1 is 1.06 bits per heavy atom. The summed E-state index contributed by atoms with van der Waals surface area (Å²) in [5, 5.41) is 3.28. The second-order valence-corrected chi connectivity index (χ2v) is 9.43. The van der Waals surface area contributed by atoms with Crippen molar-refractivity contribution < 1.29 is 17.9 Å². The summed E-state index contributed by atoms with van der Waals surface area (Å²) in [6.45, 7) is 0.412. The molecule has 8 heteroatoms. The lowest BCUT2D eigenvalue weighted by Gasteiger charge is -2.31. The average Bonchev–Trinajstić information content (AvgIpc) is 2.79. The van der Waals surface area contributed by atoms with Gasteiger partial charge in [-0.15, -0.1) is 0 Å². The molecule has 1 N–H and O–H groups in total. The number of nitrogens with zero attached hydrogens (tertiary/aromatic N) is 1. The van der Waals surface area contributed by atoms with Crippen LogP contribution in [-0.2, 0) is 16.4 Å². The summed E-state index contributed by atoms with van der Waals surface area (Å²) in [7, 11) is -2.17. The number of sulfonamides is 1. The molecule has 0 aromatic heterocycles. The van der Waals surface area contributed by atoms with Gasteiger partial charge >= 0.3 is 0 Å². The van der Waals surface area contributed by atoms with Gasteiger partial charge in [-0.1, -0.05) is 29.8 Å². The molecule has 1 aliphatic rings. The van der Waals surface area contributed by atoms with Gasteiger partial charge < -0.3 is 10.1 Å². The van der Waals surface area contributed by atoms with E-state index in [9.17, 15) is 13.2 Å². The van der Waals surface area contributed by atoms with E-state index >= 15 is 0 Å². The third-order valence-electron chi connectivity index (χ3n) is 5.15. The first-order valence-corrected chi connectivity index (χ1v) is 11.6. The van der Waals surface area contributed by atoms with Crippen molar-refractivity contribution in [3.63, 3.8) is 0 Å². The summed E-state index contributed by atoms with van der Waals surface area (Å²) in [5.74, 6) is 0.0591. The normalized spacial score (nSPS) is 13.4. The fourth-order valence-corrected chi connectivity index (χ4v) is 5.40. The van der Waals surface area contributed by atoms with Gasteiger partial charge in [0.1, 0.15) is 5.75 Å². The van der Waals surface area contributed by atoms with Crippen molar-refractivity contribution in [1.82, 2.24) is 0 Å². The maximum atomic E-state index is 13.1. The summed E-state index contributed by atoms with van der Waals surface area (Å²) >= 11 is 6.03. The molecular weight excluding hydrogens is 436 g/mol. The highest BCUT2D eigenvalue weighted by Gasteiger charge is 2.29. The smallest absolute Gasteiger partial charge is 0.264 e. The van der Waals surface area contributed by atoms with Crippen molar-refractivity contribution in [1.29, 1.82) is 0 Å². The molecule has 0 atom stereocenters. The molecule has 160 valence electrons. The van der Waals surface area contributed by atoms with Crippen molar-refractivity contribution in [2.24, 2.45) is 0 Å². The zero-order valence-corrected chi connectivity index (χ0v) is 18.4. The van der Waals surface area contributed by atoms with Gasteiger partial charge in [-0.25, -0.2) is 8.42 Å². The number of carbonyl (C=O) groups excluding carboxylic acids is 1. The van der Waals surface area contributed by atoms with Crippen molar-refractivity contribution in [2.75, 3.05) is 23.3 Å². The summed E-state index contributed by atoms with van der Waals surface area (Å²) in [5.41, 5.74) is 2.39. The van der Waals surface area contributed by atoms with Crippen LogP contribution in [0.25, 0.3) is 0 Å². The highest BCUT2D eigenvalue weighted by Crippen LogP contribution is 2.34. The van der Waals surface area contributed by atoms with Crippen LogP contribution in [0.4, 0.5) is 11.4 Å². The van der Waals surface area contributed by atoms with Crippen LogP contribution in [0.1, 0.15) is 22.3 Å². The average molecular weight is 457 g/mol. The van der Waals surface area contributed by atoms with Crippen LogP contribution in [0.5, 0.6) is 5.75 Å². The predicted octanol–water partition coefficient (Wildman–Crippen LogP) is 4.74. The molecule has 1 aliphatic heterocycles. The molecule has 0 bridgehead atoms. The molecule has 3 aromatic carbocycles. The van der Waals surface area contributed by atoms with E-state index in [1.807, 2.05) is 6.07 Å². The van der Waals surface area contributed by atoms with Crippen LogP contribution in [0.2, 0.25) is 5.02 Å². The molecule has 31 heavy (non-hydrogen) atoms. The Morgan fingerprint density at radius 3 is 2.58 bits per heavy atom. The summed E-state index contributed by atoms with van der Waals surface area (Å²) in [4.78, 5) is 13.0. The van der Waals surface area contributed by atoms with Gasteiger partial charge in [-0.05, 0) is 66.9 Å². The fraction of sp³-hybridized carbons (Fsp3) is 0.174. The highest BCUT2D eigenvalue weighted by molar-refractivity contribution is 7.92. The number of anilines is 2. The molecule has 0 saturated heterocycles. The van der Waals surface area contributed by atoms with Gasteiger partial charge in [0.15, 0.2) is 0 Å². The maximum absolute atomic E-state index is 13.1. The summed E-state index contributed by atoms with van der Waals surface area (Å²) in [6.07, 6.45) is 1.42. The van der Waals surface area contributed by atoms with Crippen LogP contribution in [-0.4, -0.2) is 28.0 Å². The zero-order chi connectivity index (χ0) is 22.0. The first-order chi connectivity index (χ1) is 14.9. The van der Waals surface area contributed by atoms with Crippen molar-refractivity contribution >= 4 is 38.9 Å². The number of ether oxygens (including phenoxy) is 1. The van der Waals surface area contributed by atoms with Gasteiger partial charge in [-0.2, -0.15) is 0 Å². The van der Waals surface area contributed by atoms with Crippen LogP contribution in [0.3, 0.4) is 0 Å². The molecule has 3 aromatic rings. The zero-order valence-electron chi connectivity index (χ0n) is 16.8. The van der Waals surface area contributed by atoms with Gasteiger partial charge in [-0.3, -0.25) is 9.10 Å². The lowest BCUT2D eigenvalue weighted by atomic mass is 10.0. The molecule has 0 radical (unpaired) electrons. The van der Waals surface area contributed by atoms with Crippen molar-refractivity contribution in [3.05, 3.63) is 82.9 Å². The number of amides is 1. The van der Waals surface area contributed by atoms with Gasteiger partial charge in [0.25, 0.3) is 15.9 Å². The predicted molar refractivity (Wildman–Crippen MR) is 122 cm³/mol. The topological polar surface area (TPSA) is 75.7 Å². The van der Waals surface area contributed by atoms with Gasteiger partial charge in [0.05, 0.1) is 23.3 Å². The van der Waals surface area contributed by atoms with Crippen molar-refractivity contribution in [2.45, 2.75) is 17.7 Å². The largest absolute Gasteiger partial charge is 0.496 e. The van der Waals surface area contributed by atoms with Crippen LogP contribution >= 0.6 is 11.6 Å². The first kappa shape index (κ1) is 21.2. The van der Waals surface area contributed by atoms with E-state index in [2.05, 4.69) is 5.32 Å². The number of nitrogens with one attached hydrogen (secondary N) is 1. The number of benzene rings is 3. The Bertz CT molecular complexity index is 1230. The van der Waals surface area contributed by atoms with Crippen molar-refractivity contribution in [3.8, 4) is 5.75 Å². The Labute approximate surface area is 186 Å². The maximum Gasteiger partial charge on any atom is 0.264 e. The first-order valence-electron chi connectivity index (χ1n) is 9.76. The molecule has 0 fully saturated rings. The number of methoxy groups -OCH3 is 1. The molecule has 4 rings (SSSR count). The minimum Gasteiger partial charge on any atom is -0.496 e. The second kappa shape index (κ2) is 8.61. The highest BCUT2D eigenvalue weighted by atomic mass is 35.5. The minimum atomic E-state index is -3.65. The lowest BCUT2D eigenvalue weighted by Crippen LogP contribution is -2.35. The lowest BCUT2D eigenvalue weighted by molar-refractivity contribution is 0.102. The summed E-state index contributed by atoms with van der Waals surface area (Å²) in [6, 6.07) is 18.5. The second-order valence-electron chi connectivity index (χ2n) is 7.14. The molecule has 0 saturated carbocycles. The van der Waals surface area contributed by atoms with E-state index in [1.54, 1.807) is 60.7 Å². The van der Waals surface area contributed by atoms with E-state index in [0.29, 0.717) is 40.7 Å². The number of halogens is 1. The Balaban J connectivity index is 1.62.